The van der Waals surface area contributed by atoms with Crippen LogP contribution in [0.25, 0.3) is 0 Å². The van der Waals surface area contributed by atoms with E-state index in [9.17, 15) is 4.79 Å². The van der Waals surface area contributed by atoms with Gasteiger partial charge in [0.05, 0.1) is 11.7 Å². The van der Waals surface area contributed by atoms with Gasteiger partial charge in [-0.25, -0.2) is 4.68 Å². The van der Waals surface area contributed by atoms with Crippen molar-refractivity contribution < 1.29 is 4.79 Å². The van der Waals surface area contributed by atoms with E-state index in [2.05, 4.69) is 40.8 Å². The number of aryl methyl sites for hydroxylation is 1. The molecule has 1 aliphatic carbocycles. The molecule has 1 amide bonds. The Morgan fingerprint density at radius 2 is 2.00 bits per heavy atom. The summed E-state index contributed by atoms with van der Waals surface area (Å²) in [4.78, 5) is 14.4. The third-order valence-electron chi connectivity index (χ3n) is 5.11. The van der Waals surface area contributed by atoms with E-state index in [1.54, 1.807) is 0 Å². The molecule has 126 valence electrons. The highest BCUT2D eigenvalue weighted by Gasteiger charge is 2.30. The standard InChI is InChI=1S/C19H24N4O/c24-19(8-4-7-15-5-2-1-3-6-15)22-12-11-17(13-22)23-14-18(20-21-23)16-9-10-16/h1-3,5-6,14,16-17H,4,7-13H2. The third kappa shape index (κ3) is 3.50. The number of hydrogen-bond acceptors (Lipinski definition) is 3. The van der Waals surface area contributed by atoms with Gasteiger partial charge in [0.2, 0.25) is 5.91 Å². The zero-order valence-corrected chi connectivity index (χ0v) is 14.0. The van der Waals surface area contributed by atoms with Crippen LogP contribution >= 0.6 is 0 Å². The normalized spacial score (nSPS) is 20.5. The molecule has 2 aromatic rings. The van der Waals surface area contributed by atoms with E-state index in [1.165, 1.54) is 18.4 Å². The second kappa shape index (κ2) is 6.75. The van der Waals surface area contributed by atoms with Crippen molar-refractivity contribution in [3.05, 3.63) is 47.8 Å². The predicted octanol–water partition coefficient (Wildman–Crippen LogP) is 2.95. The number of aromatic nitrogens is 3. The van der Waals surface area contributed by atoms with Crippen LogP contribution in [0.5, 0.6) is 0 Å². The second-order valence-electron chi connectivity index (χ2n) is 7.02. The Kier molecular flexibility index (Phi) is 4.32. The van der Waals surface area contributed by atoms with Crippen molar-refractivity contribution in [2.75, 3.05) is 13.1 Å². The van der Waals surface area contributed by atoms with E-state index in [-0.39, 0.29) is 5.91 Å². The van der Waals surface area contributed by atoms with Crippen LogP contribution in [0, 0.1) is 0 Å². The highest BCUT2D eigenvalue weighted by molar-refractivity contribution is 5.76. The molecule has 1 aliphatic heterocycles. The SMILES string of the molecule is O=C(CCCc1ccccc1)N1CCC(n2cc(C3CC3)nn2)C1. The molecule has 0 spiro atoms. The van der Waals surface area contributed by atoms with Gasteiger partial charge in [0.15, 0.2) is 0 Å². The molecule has 0 N–H and O–H groups in total. The molecule has 5 nitrogen and oxygen atoms in total. The van der Waals surface area contributed by atoms with Crippen molar-refractivity contribution in [2.24, 2.45) is 0 Å². The van der Waals surface area contributed by atoms with Gasteiger partial charge in [0.25, 0.3) is 0 Å². The molecule has 5 heteroatoms. The first-order valence-electron chi connectivity index (χ1n) is 9.03. The number of rotatable bonds is 6. The van der Waals surface area contributed by atoms with Gasteiger partial charge in [0.1, 0.15) is 0 Å². The van der Waals surface area contributed by atoms with Crippen LogP contribution in [0.1, 0.15) is 55.3 Å². The highest BCUT2D eigenvalue weighted by Crippen LogP contribution is 2.39. The molecule has 1 atom stereocenters. The molecule has 1 aromatic heterocycles. The average Bonchev–Trinajstić information content (AvgIpc) is 3.13. The Balaban J connectivity index is 1.25. The number of hydrogen-bond donors (Lipinski definition) is 0. The van der Waals surface area contributed by atoms with Gasteiger partial charge >= 0.3 is 0 Å². The molecule has 2 aliphatic rings. The van der Waals surface area contributed by atoms with E-state index in [0.29, 0.717) is 18.4 Å². The maximum Gasteiger partial charge on any atom is 0.222 e. The molecular formula is C19H24N4O. The summed E-state index contributed by atoms with van der Waals surface area (Å²) in [5.74, 6) is 0.909. The van der Waals surface area contributed by atoms with Gasteiger partial charge in [0, 0.05) is 31.6 Å². The number of benzene rings is 1. The number of amides is 1. The Morgan fingerprint density at radius 3 is 2.79 bits per heavy atom. The van der Waals surface area contributed by atoms with Gasteiger partial charge in [-0.05, 0) is 37.7 Å². The van der Waals surface area contributed by atoms with Crippen molar-refractivity contribution in [3.63, 3.8) is 0 Å². The Hall–Kier alpha value is -2.17. The van der Waals surface area contributed by atoms with Crippen LogP contribution in [0.15, 0.2) is 36.5 Å². The van der Waals surface area contributed by atoms with Gasteiger partial charge < -0.3 is 4.90 Å². The molecular weight excluding hydrogens is 300 g/mol. The van der Waals surface area contributed by atoms with Crippen molar-refractivity contribution in [3.8, 4) is 0 Å². The van der Waals surface area contributed by atoms with Crippen LogP contribution in [-0.4, -0.2) is 38.9 Å². The first kappa shape index (κ1) is 15.4. The summed E-state index contributed by atoms with van der Waals surface area (Å²) in [5, 5.41) is 8.57. The zero-order chi connectivity index (χ0) is 16.4. The van der Waals surface area contributed by atoms with Crippen LogP contribution in [0.2, 0.25) is 0 Å². The fraction of sp³-hybridized carbons (Fsp3) is 0.526. The maximum absolute atomic E-state index is 12.4. The Labute approximate surface area is 142 Å². The summed E-state index contributed by atoms with van der Waals surface area (Å²) < 4.78 is 1.98. The lowest BCUT2D eigenvalue weighted by Crippen LogP contribution is -2.29. The summed E-state index contributed by atoms with van der Waals surface area (Å²) in [7, 11) is 0. The van der Waals surface area contributed by atoms with Gasteiger partial charge in [-0.3, -0.25) is 4.79 Å². The molecule has 1 aromatic carbocycles. The summed E-state index contributed by atoms with van der Waals surface area (Å²) >= 11 is 0. The number of nitrogens with zero attached hydrogens (tertiary/aromatic N) is 4. The lowest BCUT2D eigenvalue weighted by Gasteiger charge is -2.16. The molecule has 1 saturated carbocycles. The lowest BCUT2D eigenvalue weighted by molar-refractivity contribution is -0.130. The van der Waals surface area contributed by atoms with Crippen molar-refractivity contribution in [1.29, 1.82) is 0 Å². The van der Waals surface area contributed by atoms with Gasteiger partial charge in [-0.2, -0.15) is 0 Å². The van der Waals surface area contributed by atoms with Gasteiger partial charge in [-0.1, -0.05) is 35.5 Å². The summed E-state index contributed by atoms with van der Waals surface area (Å²) in [5.41, 5.74) is 2.43. The minimum atomic E-state index is 0.274. The fourth-order valence-electron chi connectivity index (χ4n) is 3.47. The topological polar surface area (TPSA) is 51.0 Å². The Bertz CT molecular complexity index is 692. The van der Waals surface area contributed by atoms with Crippen molar-refractivity contribution >= 4 is 5.91 Å². The monoisotopic (exact) mass is 324 g/mol. The first-order valence-corrected chi connectivity index (χ1v) is 9.03. The van der Waals surface area contributed by atoms with Crippen molar-refractivity contribution in [1.82, 2.24) is 19.9 Å². The summed E-state index contributed by atoms with van der Waals surface area (Å²) in [6, 6.07) is 10.7. The minimum Gasteiger partial charge on any atom is -0.340 e. The minimum absolute atomic E-state index is 0.274. The van der Waals surface area contributed by atoms with Crippen LogP contribution < -0.4 is 0 Å². The molecule has 2 heterocycles. The fourth-order valence-corrected chi connectivity index (χ4v) is 3.47. The Morgan fingerprint density at radius 1 is 1.17 bits per heavy atom. The van der Waals surface area contributed by atoms with Gasteiger partial charge in [-0.15, -0.1) is 5.10 Å². The quantitative estimate of drug-likeness (QED) is 0.821. The van der Waals surface area contributed by atoms with E-state index >= 15 is 0 Å². The molecule has 24 heavy (non-hydrogen) atoms. The third-order valence-corrected chi connectivity index (χ3v) is 5.11. The molecule has 1 saturated heterocycles. The molecule has 0 radical (unpaired) electrons. The maximum atomic E-state index is 12.4. The largest absolute Gasteiger partial charge is 0.340 e. The molecule has 0 bridgehead atoms. The van der Waals surface area contributed by atoms with E-state index in [0.717, 1.165) is 38.0 Å². The summed E-state index contributed by atoms with van der Waals surface area (Å²) in [6.45, 7) is 1.62. The first-order chi connectivity index (χ1) is 11.8. The lowest BCUT2D eigenvalue weighted by atomic mass is 10.1. The van der Waals surface area contributed by atoms with Crippen LogP contribution in [0.4, 0.5) is 0 Å². The zero-order valence-electron chi connectivity index (χ0n) is 14.0. The molecule has 1 unspecified atom stereocenters. The number of carbonyl (C=O) groups excluding carboxylic acids is 1. The van der Waals surface area contributed by atoms with Crippen LogP contribution in [0.3, 0.4) is 0 Å². The van der Waals surface area contributed by atoms with E-state index < -0.39 is 0 Å². The average molecular weight is 324 g/mol. The smallest absolute Gasteiger partial charge is 0.222 e. The summed E-state index contributed by atoms with van der Waals surface area (Å²) in [6.07, 6.45) is 8.08. The molecule has 4 rings (SSSR count). The predicted molar refractivity (Wildman–Crippen MR) is 91.6 cm³/mol. The van der Waals surface area contributed by atoms with Crippen molar-refractivity contribution in [2.45, 2.75) is 50.5 Å². The van der Waals surface area contributed by atoms with Crippen LogP contribution in [-0.2, 0) is 11.2 Å². The second-order valence-corrected chi connectivity index (χ2v) is 7.02. The highest BCUT2D eigenvalue weighted by atomic mass is 16.2. The molecule has 2 fully saturated rings. The van der Waals surface area contributed by atoms with E-state index in [1.807, 2.05) is 15.6 Å². The van der Waals surface area contributed by atoms with E-state index in [4.69, 9.17) is 0 Å². The number of carbonyl (C=O) groups is 1. The number of likely N-dealkylation sites (tertiary alicyclic amines) is 1.